The van der Waals surface area contributed by atoms with Gasteiger partial charge in [0.2, 0.25) is 5.91 Å². The van der Waals surface area contributed by atoms with Crippen LogP contribution in [0.5, 0.6) is 11.5 Å². The number of aryl methyl sites for hydroxylation is 1. The Bertz CT molecular complexity index is 1510. The summed E-state index contributed by atoms with van der Waals surface area (Å²) in [5, 5.41) is 15.3. The number of aromatic nitrogens is 3. The molecule has 0 saturated heterocycles. The van der Waals surface area contributed by atoms with Gasteiger partial charge in [0.05, 0.1) is 31.6 Å². The predicted molar refractivity (Wildman–Crippen MR) is 163 cm³/mol. The lowest BCUT2D eigenvalue weighted by atomic mass is 10.0. The Morgan fingerprint density at radius 1 is 1.10 bits per heavy atom. The number of thioether (sulfide) groups is 1. The number of hydrogen-bond acceptors (Lipinski definition) is 9. The molecular formula is C28H28Cl2N4O5S2. The molecule has 2 aromatic carbocycles. The summed E-state index contributed by atoms with van der Waals surface area (Å²) < 4.78 is 18.0. The molecule has 1 N–H and O–H groups in total. The molecular weight excluding hydrogens is 607 g/mol. The first-order valence-electron chi connectivity index (χ1n) is 12.6. The van der Waals surface area contributed by atoms with E-state index >= 15 is 0 Å². The molecule has 41 heavy (non-hydrogen) atoms. The summed E-state index contributed by atoms with van der Waals surface area (Å²) in [4.78, 5) is 25.5. The van der Waals surface area contributed by atoms with Crippen molar-refractivity contribution in [2.75, 3.05) is 31.9 Å². The van der Waals surface area contributed by atoms with Crippen LogP contribution in [0, 0.1) is 0 Å². The van der Waals surface area contributed by atoms with Gasteiger partial charge in [-0.15, -0.1) is 21.5 Å². The molecule has 0 radical (unpaired) electrons. The largest absolute Gasteiger partial charge is 0.497 e. The molecule has 2 heterocycles. The van der Waals surface area contributed by atoms with E-state index in [0.717, 1.165) is 11.4 Å². The van der Waals surface area contributed by atoms with Crippen molar-refractivity contribution >= 4 is 63.2 Å². The Morgan fingerprint density at radius 3 is 2.56 bits per heavy atom. The lowest BCUT2D eigenvalue weighted by molar-refractivity contribution is -0.113. The van der Waals surface area contributed by atoms with E-state index in [4.69, 9.17) is 37.4 Å². The fraction of sp³-hybridized carbons (Fsp3) is 0.286. The lowest BCUT2D eigenvalue weighted by Gasteiger charge is -2.10. The molecule has 0 atom stereocenters. The number of thiophene rings is 1. The van der Waals surface area contributed by atoms with Gasteiger partial charge in [0.1, 0.15) is 27.9 Å². The topological polar surface area (TPSA) is 105 Å². The van der Waals surface area contributed by atoms with Gasteiger partial charge in [-0.3, -0.25) is 4.79 Å². The third-order valence-corrected chi connectivity index (χ3v) is 8.37. The molecule has 0 unspecified atom stereocenters. The Balaban J connectivity index is 1.35. The highest BCUT2D eigenvalue weighted by Gasteiger charge is 2.23. The van der Waals surface area contributed by atoms with Gasteiger partial charge < -0.3 is 24.1 Å². The van der Waals surface area contributed by atoms with Gasteiger partial charge in [0, 0.05) is 28.9 Å². The summed E-state index contributed by atoms with van der Waals surface area (Å²) in [6, 6.07) is 12.4. The number of rotatable bonds is 13. The first-order chi connectivity index (χ1) is 19.8. The van der Waals surface area contributed by atoms with Crippen LogP contribution in [0.4, 0.5) is 5.00 Å². The van der Waals surface area contributed by atoms with Crippen molar-refractivity contribution in [2.45, 2.75) is 31.5 Å². The minimum atomic E-state index is -0.530. The van der Waals surface area contributed by atoms with Crippen LogP contribution in [0.2, 0.25) is 10.0 Å². The third-order valence-electron chi connectivity index (χ3n) is 5.97. The number of halogens is 2. The number of nitrogens with zero attached hydrogens (tertiary/aromatic N) is 3. The summed E-state index contributed by atoms with van der Waals surface area (Å²) >= 11 is 14.6. The highest BCUT2D eigenvalue weighted by molar-refractivity contribution is 7.99. The number of nitrogens with one attached hydrogen (secondary N) is 1. The fourth-order valence-electron chi connectivity index (χ4n) is 3.96. The third kappa shape index (κ3) is 7.73. The zero-order valence-corrected chi connectivity index (χ0v) is 25.8. The van der Waals surface area contributed by atoms with Crippen LogP contribution in [0.25, 0.3) is 11.1 Å². The van der Waals surface area contributed by atoms with Crippen molar-refractivity contribution in [1.29, 1.82) is 0 Å². The van der Waals surface area contributed by atoms with E-state index in [2.05, 4.69) is 15.5 Å². The number of methoxy groups -OCH3 is 2. The van der Waals surface area contributed by atoms with Gasteiger partial charge in [0.25, 0.3) is 0 Å². The second-order valence-electron chi connectivity index (χ2n) is 8.58. The van der Waals surface area contributed by atoms with Gasteiger partial charge in [-0.05, 0) is 49.2 Å². The maximum Gasteiger partial charge on any atom is 0.341 e. The van der Waals surface area contributed by atoms with Crippen molar-refractivity contribution in [3.05, 3.63) is 69.3 Å². The maximum atomic E-state index is 12.9. The Kier molecular flexibility index (Phi) is 10.9. The molecule has 0 spiro atoms. The average Bonchev–Trinajstić information content (AvgIpc) is 3.58. The van der Waals surface area contributed by atoms with Crippen molar-refractivity contribution in [2.24, 2.45) is 0 Å². The second-order valence-corrected chi connectivity index (χ2v) is 11.2. The molecule has 4 aromatic rings. The Labute approximate surface area is 256 Å². The fourth-order valence-corrected chi connectivity index (χ4v) is 6.22. The number of esters is 1. The van der Waals surface area contributed by atoms with Crippen LogP contribution < -0.4 is 14.8 Å². The normalized spacial score (nSPS) is 10.9. The predicted octanol–water partition coefficient (Wildman–Crippen LogP) is 6.87. The molecule has 2 aromatic heterocycles. The molecule has 4 rings (SSSR count). The van der Waals surface area contributed by atoms with Gasteiger partial charge >= 0.3 is 5.97 Å². The zero-order valence-electron chi connectivity index (χ0n) is 22.6. The van der Waals surface area contributed by atoms with Crippen molar-refractivity contribution in [1.82, 2.24) is 14.8 Å². The highest BCUT2D eigenvalue weighted by atomic mass is 35.5. The molecule has 0 saturated carbocycles. The van der Waals surface area contributed by atoms with Gasteiger partial charge in [-0.25, -0.2) is 4.79 Å². The highest BCUT2D eigenvalue weighted by Crippen LogP contribution is 2.37. The molecule has 0 aliphatic heterocycles. The number of anilines is 1. The average molecular weight is 636 g/mol. The smallest absolute Gasteiger partial charge is 0.341 e. The number of carbonyl (C=O) groups is 2. The maximum absolute atomic E-state index is 12.9. The summed E-state index contributed by atoms with van der Waals surface area (Å²) in [6.07, 6.45) is 1.35. The molecule has 0 bridgehead atoms. The number of benzene rings is 2. The molecule has 1 amide bonds. The first kappa shape index (κ1) is 30.7. The molecule has 0 fully saturated rings. The van der Waals surface area contributed by atoms with E-state index in [0.29, 0.717) is 68.8 Å². The van der Waals surface area contributed by atoms with E-state index in [1.165, 1.54) is 30.2 Å². The monoisotopic (exact) mass is 634 g/mol. The quantitative estimate of drug-likeness (QED) is 0.0965. The molecule has 9 nitrogen and oxygen atoms in total. The summed E-state index contributed by atoms with van der Waals surface area (Å²) in [5.41, 5.74) is 1.79. The molecule has 216 valence electrons. The molecule has 13 heteroatoms. The minimum Gasteiger partial charge on any atom is -0.497 e. The van der Waals surface area contributed by atoms with Crippen LogP contribution in [-0.4, -0.2) is 53.2 Å². The summed E-state index contributed by atoms with van der Waals surface area (Å²) in [5.74, 6) is 1.37. The zero-order chi connectivity index (χ0) is 29.4. The molecule has 0 aliphatic carbocycles. The Morgan fingerprint density at radius 2 is 1.88 bits per heavy atom. The van der Waals surface area contributed by atoms with Crippen molar-refractivity contribution in [3.63, 3.8) is 0 Å². The minimum absolute atomic E-state index is 0.0900. The standard InChI is InChI=1S/C28H28Cl2N4O5S2/c1-4-34-23(6-5-13-39-22-12-9-18(29)14-21(22)30)32-33-28(34)41-16-24(35)31-26-25(27(36)38-3)20(15-40-26)17-7-10-19(37-2)11-8-17/h7-12,14-15H,4-6,13,16H2,1-3H3,(H,31,35). The number of ether oxygens (including phenoxy) is 3. The first-order valence-corrected chi connectivity index (χ1v) is 15.2. The molecule has 0 aliphatic rings. The van der Waals surface area contributed by atoms with Gasteiger partial charge in [0.15, 0.2) is 5.16 Å². The van der Waals surface area contributed by atoms with Gasteiger partial charge in [-0.2, -0.15) is 0 Å². The number of amides is 1. The van der Waals surface area contributed by atoms with Crippen LogP contribution in [-0.2, 0) is 22.5 Å². The lowest BCUT2D eigenvalue weighted by Crippen LogP contribution is -2.16. The van der Waals surface area contributed by atoms with E-state index in [1.54, 1.807) is 25.3 Å². The summed E-state index contributed by atoms with van der Waals surface area (Å²) in [6.45, 7) is 3.10. The number of hydrogen-bond donors (Lipinski definition) is 1. The van der Waals surface area contributed by atoms with E-state index < -0.39 is 5.97 Å². The number of carbonyl (C=O) groups excluding carboxylic acids is 2. The van der Waals surface area contributed by atoms with Crippen LogP contribution in [0.1, 0.15) is 29.5 Å². The van der Waals surface area contributed by atoms with Crippen molar-refractivity contribution in [3.8, 4) is 22.6 Å². The van der Waals surface area contributed by atoms with Crippen LogP contribution in [0.3, 0.4) is 0 Å². The SMILES string of the molecule is CCn1c(CCCOc2ccc(Cl)cc2Cl)nnc1SCC(=O)Nc1scc(-c2ccc(OC)cc2)c1C(=O)OC. The van der Waals surface area contributed by atoms with E-state index in [1.807, 2.05) is 41.1 Å². The Hall–Kier alpha value is -3.25. The van der Waals surface area contributed by atoms with Gasteiger partial charge in [-0.1, -0.05) is 47.1 Å². The van der Waals surface area contributed by atoms with Crippen LogP contribution in [0.15, 0.2) is 53.0 Å². The van der Waals surface area contributed by atoms with E-state index in [9.17, 15) is 9.59 Å². The van der Waals surface area contributed by atoms with E-state index in [-0.39, 0.29) is 11.7 Å². The van der Waals surface area contributed by atoms with Crippen molar-refractivity contribution < 1.29 is 23.8 Å². The second kappa shape index (κ2) is 14.6. The van der Waals surface area contributed by atoms with Crippen LogP contribution >= 0.6 is 46.3 Å². The summed E-state index contributed by atoms with van der Waals surface area (Å²) in [7, 11) is 2.90.